The number of carbonyl (C=O) groups excluding carboxylic acids is 1. The Morgan fingerprint density at radius 1 is 1.23 bits per heavy atom. The van der Waals surface area contributed by atoms with E-state index in [2.05, 4.69) is 26.0 Å². The molecule has 0 atom stereocenters. The first-order valence-corrected chi connectivity index (χ1v) is 10.9. The molecule has 4 aromatic rings. The van der Waals surface area contributed by atoms with Crippen molar-refractivity contribution in [2.45, 2.75) is 20.0 Å². The first kappa shape index (κ1) is 20.3. The van der Waals surface area contributed by atoms with Crippen molar-refractivity contribution in [1.29, 1.82) is 0 Å². The van der Waals surface area contributed by atoms with Crippen LogP contribution in [0.1, 0.15) is 30.0 Å². The molecule has 0 spiro atoms. The molecule has 0 aliphatic carbocycles. The van der Waals surface area contributed by atoms with Crippen molar-refractivity contribution in [2.24, 2.45) is 5.10 Å². The predicted molar refractivity (Wildman–Crippen MR) is 123 cm³/mol. The van der Waals surface area contributed by atoms with E-state index >= 15 is 0 Å². The number of anilines is 1. The van der Waals surface area contributed by atoms with Crippen molar-refractivity contribution in [3.8, 4) is 5.75 Å². The molecular weight excluding hydrogens is 466 g/mol. The molecule has 0 radical (unpaired) electrons. The summed E-state index contributed by atoms with van der Waals surface area (Å²) in [6, 6.07) is 16.3. The van der Waals surface area contributed by atoms with Crippen molar-refractivity contribution in [3.05, 3.63) is 76.7 Å². The van der Waals surface area contributed by atoms with Gasteiger partial charge in [0.25, 0.3) is 5.91 Å². The summed E-state index contributed by atoms with van der Waals surface area (Å²) >= 11 is 4.86. The molecule has 2 aromatic heterocycles. The van der Waals surface area contributed by atoms with Crippen LogP contribution in [-0.2, 0) is 0 Å². The number of hydrogen-bond acceptors (Lipinski definition) is 6. The zero-order valence-electron chi connectivity index (χ0n) is 16.3. The normalized spacial score (nSPS) is 11.5. The van der Waals surface area contributed by atoms with E-state index in [4.69, 9.17) is 9.15 Å². The molecule has 152 valence electrons. The highest BCUT2D eigenvalue weighted by Crippen LogP contribution is 2.32. The Labute approximate surface area is 185 Å². The summed E-state index contributed by atoms with van der Waals surface area (Å²) in [6.45, 7) is 3.91. The third-order valence-corrected chi connectivity index (χ3v) is 5.52. The fraction of sp³-hybridized carbons (Fsp3) is 0.136. The van der Waals surface area contributed by atoms with Gasteiger partial charge < -0.3 is 9.15 Å². The van der Waals surface area contributed by atoms with Crippen LogP contribution in [0.4, 0.5) is 5.13 Å². The SMILES string of the molecule is CC(C)Oc1ccc(C(=O)N(/N=C/c2ccco2)c2nc3ccc(Br)cc3s2)cc1. The quantitative estimate of drug-likeness (QED) is 0.244. The predicted octanol–water partition coefficient (Wildman–Crippen LogP) is 6.12. The number of benzene rings is 2. The van der Waals surface area contributed by atoms with Crippen molar-refractivity contribution in [2.75, 3.05) is 5.01 Å². The van der Waals surface area contributed by atoms with Gasteiger partial charge in [0.1, 0.15) is 11.5 Å². The molecule has 8 heteroatoms. The molecule has 0 fully saturated rings. The van der Waals surface area contributed by atoms with Crippen LogP contribution in [0.2, 0.25) is 0 Å². The molecule has 0 bridgehead atoms. The Balaban J connectivity index is 1.69. The summed E-state index contributed by atoms with van der Waals surface area (Å²) < 4.78 is 12.9. The average molecular weight is 484 g/mol. The molecule has 2 aromatic carbocycles. The summed E-state index contributed by atoms with van der Waals surface area (Å²) in [4.78, 5) is 17.9. The van der Waals surface area contributed by atoms with Gasteiger partial charge in [-0.15, -0.1) is 0 Å². The molecule has 1 amide bonds. The number of aromatic nitrogens is 1. The van der Waals surface area contributed by atoms with Gasteiger partial charge in [-0.1, -0.05) is 27.3 Å². The Kier molecular flexibility index (Phi) is 5.96. The number of thiazole rings is 1. The minimum atomic E-state index is -0.299. The van der Waals surface area contributed by atoms with Gasteiger partial charge in [0, 0.05) is 10.0 Å². The second kappa shape index (κ2) is 8.81. The van der Waals surface area contributed by atoms with Crippen LogP contribution in [0.25, 0.3) is 10.2 Å². The van der Waals surface area contributed by atoms with Crippen LogP contribution >= 0.6 is 27.3 Å². The second-order valence-electron chi connectivity index (χ2n) is 6.68. The zero-order chi connectivity index (χ0) is 21.1. The van der Waals surface area contributed by atoms with Gasteiger partial charge >= 0.3 is 0 Å². The fourth-order valence-corrected chi connectivity index (χ4v) is 4.19. The maximum Gasteiger partial charge on any atom is 0.280 e. The average Bonchev–Trinajstić information content (AvgIpc) is 3.37. The smallest absolute Gasteiger partial charge is 0.280 e. The van der Waals surface area contributed by atoms with Crippen LogP contribution in [0.5, 0.6) is 5.75 Å². The Morgan fingerprint density at radius 2 is 2.03 bits per heavy atom. The van der Waals surface area contributed by atoms with E-state index in [0.29, 0.717) is 22.2 Å². The summed E-state index contributed by atoms with van der Waals surface area (Å²) in [5.74, 6) is 0.946. The lowest BCUT2D eigenvalue weighted by Gasteiger charge is -2.14. The van der Waals surface area contributed by atoms with Gasteiger partial charge in [-0.25, -0.2) is 4.98 Å². The lowest BCUT2D eigenvalue weighted by atomic mass is 10.2. The van der Waals surface area contributed by atoms with E-state index in [1.54, 1.807) is 42.7 Å². The first-order chi connectivity index (χ1) is 14.5. The molecule has 0 saturated heterocycles. The summed E-state index contributed by atoms with van der Waals surface area (Å²) in [7, 11) is 0. The number of nitrogens with zero attached hydrogens (tertiary/aromatic N) is 3. The van der Waals surface area contributed by atoms with Gasteiger partial charge in [0.2, 0.25) is 5.13 Å². The van der Waals surface area contributed by atoms with Crippen LogP contribution in [0, 0.1) is 0 Å². The van der Waals surface area contributed by atoms with Gasteiger partial charge in [-0.3, -0.25) is 4.79 Å². The van der Waals surface area contributed by atoms with E-state index in [1.165, 1.54) is 22.6 Å². The van der Waals surface area contributed by atoms with Crippen LogP contribution in [0.3, 0.4) is 0 Å². The minimum Gasteiger partial charge on any atom is -0.491 e. The number of amides is 1. The number of furan rings is 1. The molecule has 0 aliphatic rings. The summed E-state index contributed by atoms with van der Waals surface area (Å²) in [5, 5.41) is 6.13. The third kappa shape index (κ3) is 4.60. The van der Waals surface area contributed by atoms with Crippen LogP contribution in [0.15, 0.2) is 74.9 Å². The van der Waals surface area contributed by atoms with Crippen molar-refractivity contribution >= 4 is 54.7 Å². The fourth-order valence-electron chi connectivity index (χ4n) is 2.72. The minimum absolute atomic E-state index is 0.0584. The molecule has 30 heavy (non-hydrogen) atoms. The number of rotatable bonds is 6. The van der Waals surface area contributed by atoms with Crippen molar-refractivity contribution in [3.63, 3.8) is 0 Å². The van der Waals surface area contributed by atoms with Crippen molar-refractivity contribution in [1.82, 2.24) is 4.98 Å². The largest absolute Gasteiger partial charge is 0.491 e. The number of hydrazone groups is 1. The third-order valence-electron chi connectivity index (χ3n) is 4.03. The second-order valence-corrected chi connectivity index (χ2v) is 8.60. The molecule has 0 N–H and O–H groups in total. The number of hydrogen-bond donors (Lipinski definition) is 0. The molecular formula is C22H18BrN3O3S. The van der Waals surface area contributed by atoms with Gasteiger partial charge in [-0.2, -0.15) is 10.1 Å². The highest BCUT2D eigenvalue weighted by molar-refractivity contribution is 9.10. The highest BCUT2D eigenvalue weighted by atomic mass is 79.9. The van der Waals surface area contributed by atoms with E-state index < -0.39 is 0 Å². The zero-order valence-corrected chi connectivity index (χ0v) is 18.7. The summed E-state index contributed by atoms with van der Waals surface area (Å²) in [5.41, 5.74) is 1.27. The summed E-state index contributed by atoms with van der Waals surface area (Å²) in [6.07, 6.45) is 3.11. The molecule has 4 rings (SSSR count). The Hall–Kier alpha value is -2.97. The first-order valence-electron chi connectivity index (χ1n) is 9.24. The van der Waals surface area contributed by atoms with Crippen LogP contribution < -0.4 is 9.75 Å². The standard InChI is InChI=1S/C22H18BrN3O3S/c1-14(2)29-17-8-5-15(6-9-17)21(27)26(24-13-18-4-3-11-28-18)22-25-19-10-7-16(23)12-20(19)30-22/h3-14H,1-2H3/b24-13+. The Bertz CT molecular complexity index is 1180. The van der Waals surface area contributed by atoms with E-state index in [9.17, 15) is 4.79 Å². The van der Waals surface area contributed by atoms with Gasteiger partial charge in [0.15, 0.2) is 0 Å². The van der Waals surface area contributed by atoms with Crippen molar-refractivity contribution < 1.29 is 13.9 Å². The number of fused-ring (bicyclic) bond motifs is 1. The molecule has 0 aliphatic heterocycles. The highest BCUT2D eigenvalue weighted by Gasteiger charge is 2.21. The van der Waals surface area contributed by atoms with E-state index in [0.717, 1.165) is 14.7 Å². The number of halogens is 1. The maximum atomic E-state index is 13.3. The van der Waals surface area contributed by atoms with Gasteiger partial charge in [-0.05, 0) is 68.4 Å². The lowest BCUT2D eigenvalue weighted by molar-refractivity contribution is 0.0988. The maximum absolute atomic E-state index is 13.3. The topological polar surface area (TPSA) is 67.9 Å². The monoisotopic (exact) mass is 483 g/mol. The molecule has 0 saturated carbocycles. The number of carbonyl (C=O) groups is 1. The van der Waals surface area contributed by atoms with Gasteiger partial charge in [0.05, 0.1) is 28.8 Å². The molecule has 2 heterocycles. The Morgan fingerprint density at radius 3 is 2.73 bits per heavy atom. The van der Waals surface area contributed by atoms with E-state index in [1.807, 2.05) is 32.0 Å². The molecule has 0 unspecified atom stereocenters. The lowest BCUT2D eigenvalue weighted by Crippen LogP contribution is -2.25. The molecule has 6 nitrogen and oxygen atoms in total. The van der Waals surface area contributed by atoms with Crippen LogP contribution in [-0.4, -0.2) is 23.2 Å². The van der Waals surface area contributed by atoms with E-state index in [-0.39, 0.29) is 12.0 Å². The number of ether oxygens (including phenoxy) is 1.